The number of carbonyl (C=O) groups excluding carboxylic acids is 1. The number of aromatic nitrogens is 1. The number of nitrogens with zero attached hydrogens (tertiary/aromatic N) is 2. The van der Waals surface area contributed by atoms with E-state index in [9.17, 15) is 9.18 Å². The average molecular weight is 337 g/mol. The molecular weight excluding hydrogens is 319 g/mol. The molecule has 6 heteroatoms. The van der Waals surface area contributed by atoms with E-state index in [1.165, 1.54) is 12.1 Å². The van der Waals surface area contributed by atoms with Gasteiger partial charge >= 0.3 is 0 Å². The molecule has 0 fully saturated rings. The topological polar surface area (TPSA) is 42.4 Å². The Kier molecular flexibility index (Phi) is 5.93. The standard InChI is InChI=1S/C17H18ClFN2O2/c1-12(23-16-7-6-13(19)11-15(16)18)17(22)21(2)10-8-14-5-3-4-9-20-14/h3-7,9,11-12H,8,10H2,1-2H3/t12-/m1/s1. The highest BCUT2D eigenvalue weighted by Crippen LogP contribution is 2.26. The zero-order valence-electron chi connectivity index (χ0n) is 13.0. The Morgan fingerprint density at radius 2 is 2.17 bits per heavy atom. The van der Waals surface area contributed by atoms with Gasteiger partial charge < -0.3 is 9.64 Å². The van der Waals surface area contributed by atoms with Crippen molar-refractivity contribution in [2.75, 3.05) is 13.6 Å². The molecule has 0 saturated carbocycles. The number of benzene rings is 1. The number of pyridine rings is 1. The number of amides is 1. The lowest BCUT2D eigenvalue weighted by Crippen LogP contribution is -2.39. The highest BCUT2D eigenvalue weighted by Gasteiger charge is 2.20. The van der Waals surface area contributed by atoms with Crippen LogP contribution in [0.4, 0.5) is 4.39 Å². The van der Waals surface area contributed by atoms with Crippen molar-refractivity contribution in [1.82, 2.24) is 9.88 Å². The van der Waals surface area contributed by atoms with Crippen LogP contribution in [0.15, 0.2) is 42.6 Å². The quantitative estimate of drug-likeness (QED) is 0.812. The van der Waals surface area contributed by atoms with Crippen molar-refractivity contribution in [1.29, 1.82) is 0 Å². The Balaban J connectivity index is 1.90. The smallest absolute Gasteiger partial charge is 0.263 e. The molecule has 1 aromatic heterocycles. The molecule has 0 N–H and O–H groups in total. The van der Waals surface area contributed by atoms with Gasteiger partial charge in [0.1, 0.15) is 11.6 Å². The van der Waals surface area contributed by atoms with Gasteiger partial charge in [-0.15, -0.1) is 0 Å². The van der Waals surface area contributed by atoms with Crippen molar-refractivity contribution >= 4 is 17.5 Å². The number of hydrogen-bond acceptors (Lipinski definition) is 3. The number of hydrogen-bond donors (Lipinski definition) is 0. The molecule has 1 heterocycles. The molecular formula is C17H18ClFN2O2. The van der Waals surface area contributed by atoms with Crippen molar-refractivity contribution in [2.24, 2.45) is 0 Å². The van der Waals surface area contributed by atoms with Crippen LogP contribution in [0.5, 0.6) is 5.75 Å². The predicted octanol–water partition coefficient (Wildman–Crippen LogP) is 3.34. The Morgan fingerprint density at radius 1 is 1.39 bits per heavy atom. The number of carbonyl (C=O) groups is 1. The fourth-order valence-corrected chi connectivity index (χ4v) is 2.27. The summed E-state index contributed by atoms with van der Waals surface area (Å²) >= 11 is 5.90. The Bertz CT molecular complexity index is 667. The van der Waals surface area contributed by atoms with E-state index in [1.807, 2.05) is 18.2 Å². The molecule has 0 bridgehead atoms. The molecule has 0 aliphatic heterocycles. The van der Waals surface area contributed by atoms with E-state index < -0.39 is 11.9 Å². The zero-order chi connectivity index (χ0) is 16.8. The minimum atomic E-state index is -0.716. The summed E-state index contributed by atoms with van der Waals surface area (Å²) in [4.78, 5) is 18.1. The first-order valence-corrected chi connectivity index (χ1v) is 7.62. The van der Waals surface area contributed by atoms with Crippen LogP contribution >= 0.6 is 11.6 Å². The maximum atomic E-state index is 13.0. The monoisotopic (exact) mass is 336 g/mol. The molecule has 1 amide bonds. The van der Waals surface area contributed by atoms with Gasteiger partial charge in [-0.2, -0.15) is 0 Å². The summed E-state index contributed by atoms with van der Waals surface area (Å²) < 4.78 is 18.5. The van der Waals surface area contributed by atoms with E-state index in [0.29, 0.717) is 13.0 Å². The van der Waals surface area contributed by atoms with Gasteiger partial charge in [0, 0.05) is 31.9 Å². The number of likely N-dealkylation sites (N-methyl/N-ethyl adjacent to an activating group) is 1. The van der Waals surface area contributed by atoms with Gasteiger partial charge in [-0.05, 0) is 37.3 Å². The second-order valence-corrected chi connectivity index (χ2v) is 5.57. The van der Waals surface area contributed by atoms with Gasteiger partial charge in [0.05, 0.1) is 5.02 Å². The first kappa shape index (κ1) is 17.2. The van der Waals surface area contributed by atoms with E-state index in [2.05, 4.69) is 4.98 Å². The van der Waals surface area contributed by atoms with Gasteiger partial charge in [0.2, 0.25) is 0 Å². The van der Waals surface area contributed by atoms with Crippen molar-refractivity contribution in [2.45, 2.75) is 19.4 Å². The molecule has 1 atom stereocenters. The van der Waals surface area contributed by atoms with Crippen LogP contribution in [-0.4, -0.2) is 35.5 Å². The van der Waals surface area contributed by atoms with Crippen molar-refractivity contribution < 1.29 is 13.9 Å². The minimum absolute atomic E-state index is 0.140. The minimum Gasteiger partial charge on any atom is -0.479 e. The average Bonchev–Trinajstić information content (AvgIpc) is 2.55. The third-order valence-electron chi connectivity index (χ3n) is 3.35. The summed E-state index contributed by atoms with van der Waals surface area (Å²) in [7, 11) is 1.71. The maximum absolute atomic E-state index is 13.0. The summed E-state index contributed by atoms with van der Waals surface area (Å²) in [5.41, 5.74) is 0.919. The summed E-state index contributed by atoms with van der Waals surface area (Å²) in [6.07, 6.45) is 1.67. The Morgan fingerprint density at radius 3 is 2.83 bits per heavy atom. The second kappa shape index (κ2) is 7.92. The van der Waals surface area contributed by atoms with Crippen LogP contribution in [0.25, 0.3) is 0 Å². The van der Waals surface area contributed by atoms with Crippen LogP contribution in [0.2, 0.25) is 5.02 Å². The largest absolute Gasteiger partial charge is 0.479 e. The summed E-state index contributed by atoms with van der Waals surface area (Å²) in [6.45, 7) is 2.17. The molecule has 0 aliphatic rings. The van der Waals surface area contributed by atoms with Gasteiger partial charge in [0.25, 0.3) is 5.91 Å². The van der Waals surface area contributed by atoms with Crippen molar-refractivity contribution in [3.05, 3.63) is 59.1 Å². The fraction of sp³-hybridized carbons (Fsp3) is 0.294. The van der Waals surface area contributed by atoms with E-state index in [0.717, 1.165) is 11.8 Å². The second-order valence-electron chi connectivity index (χ2n) is 5.17. The van der Waals surface area contributed by atoms with E-state index in [-0.39, 0.29) is 16.7 Å². The number of rotatable bonds is 6. The van der Waals surface area contributed by atoms with E-state index in [4.69, 9.17) is 16.3 Å². The van der Waals surface area contributed by atoms with Gasteiger partial charge in [-0.1, -0.05) is 17.7 Å². The molecule has 1 aromatic carbocycles. The van der Waals surface area contributed by atoms with Crippen LogP contribution in [-0.2, 0) is 11.2 Å². The van der Waals surface area contributed by atoms with E-state index >= 15 is 0 Å². The zero-order valence-corrected chi connectivity index (χ0v) is 13.8. The lowest BCUT2D eigenvalue weighted by molar-refractivity contribution is -0.136. The Labute approximate surface area is 139 Å². The van der Waals surface area contributed by atoms with Crippen LogP contribution in [0, 0.1) is 5.82 Å². The SMILES string of the molecule is C[C@@H](Oc1ccc(F)cc1Cl)C(=O)N(C)CCc1ccccn1. The third kappa shape index (κ3) is 4.93. The van der Waals surface area contributed by atoms with Crippen LogP contribution < -0.4 is 4.74 Å². The lowest BCUT2D eigenvalue weighted by Gasteiger charge is -2.22. The molecule has 0 unspecified atom stereocenters. The van der Waals surface area contributed by atoms with Crippen molar-refractivity contribution in [3.63, 3.8) is 0 Å². The molecule has 0 aliphatic carbocycles. The van der Waals surface area contributed by atoms with E-state index in [1.54, 1.807) is 25.1 Å². The van der Waals surface area contributed by atoms with Crippen LogP contribution in [0.3, 0.4) is 0 Å². The van der Waals surface area contributed by atoms with Crippen molar-refractivity contribution in [3.8, 4) is 5.75 Å². The molecule has 0 spiro atoms. The molecule has 122 valence electrons. The first-order chi connectivity index (χ1) is 11.0. The summed E-state index contributed by atoms with van der Waals surface area (Å²) in [5.74, 6) is -0.345. The first-order valence-electron chi connectivity index (χ1n) is 7.24. The summed E-state index contributed by atoms with van der Waals surface area (Å²) in [6, 6.07) is 9.47. The van der Waals surface area contributed by atoms with Gasteiger partial charge in [-0.3, -0.25) is 9.78 Å². The summed E-state index contributed by atoms with van der Waals surface area (Å²) in [5, 5.41) is 0.140. The molecule has 0 saturated heterocycles. The Hall–Kier alpha value is -2.14. The normalized spacial score (nSPS) is 11.8. The molecule has 2 aromatic rings. The predicted molar refractivity (Wildman–Crippen MR) is 87.1 cm³/mol. The highest BCUT2D eigenvalue weighted by molar-refractivity contribution is 6.32. The molecule has 0 radical (unpaired) electrons. The molecule has 23 heavy (non-hydrogen) atoms. The van der Waals surface area contributed by atoms with Crippen LogP contribution in [0.1, 0.15) is 12.6 Å². The molecule has 2 rings (SSSR count). The maximum Gasteiger partial charge on any atom is 0.263 e. The fourth-order valence-electron chi connectivity index (χ4n) is 2.06. The van der Waals surface area contributed by atoms with Gasteiger partial charge in [0.15, 0.2) is 6.10 Å². The third-order valence-corrected chi connectivity index (χ3v) is 3.65. The molecule has 4 nitrogen and oxygen atoms in total. The van der Waals surface area contributed by atoms with Gasteiger partial charge in [-0.25, -0.2) is 4.39 Å². The highest BCUT2D eigenvalue weighted by atomic mass is 35.5. The number of ether oxygens (including phenoxy) is 1. The lowest BCUT2D eigenvalue weighted by atomic mass is 10.2. The number of halogens is 2.